The number of primary amides is 1. The van der Waals surface area contributed by atoms with Crippen LogP contribution in [0.2, 0.25) is 0 Å². The van der Waals surface area contributed by atoms with Gasteiger partial charge in [-0.15, -0.1) is 11.8 Å². The molecule has 0 spiro atoms. The van der Waals surface area contributed by atoms with Gasteiger partial charge in [-0.25, -0.2) is 4.98 Å². The lowest BCUT2D eigenvalue weighted by molar-refractivity contribution is 0.0996. The Morgan fingerprint density at radius 2 is 1.84 bits per heavy atom. The highest BCUT2D eigenvalue weighted by Gasteiger charge is 2.19. The Hall–Kier alpha value is -1.73. The van der Waals surface area contributed by atoms with Gasteiger partial charge >= 0.3 is 0 Å². The maximum absolute atomic E-state index is 11.9. The van der Waals surface area contributed by atoms with Crippen molar-refractivity contribution in [3.8, 4) is 11.5 Å². The molecule has 1 aliphatic heterocycles. The normalized spacial score (nSPS) is 13.0. The molecule has 1 aliphatic rings. The topological polar surface area (TPSA) is 74.4 Å². The molecule has 2 N–H and O–H groups in total. The molecule has 2 aromatic rings. The number of ether oxygens (including phenoxy) is 2. The van der Waals surface area contributed by atoms with E-state index in [9.17, 15) is 4.79 Å². The zero-order valence-electron chi connectivity index (χ0n) is 14.3. The average Bonchev–Trinajstić information content (AvgIpc) is 2.57. The third kappa shape index (κ3) is 3.62. The fraction of sp³-hybridized carbons (Fsp3) is 0.333. The fourth-order valence-electron chi connectivity index (χ4n) is 2.67. The van der Waals surface area contributed by atoms with Gasteiger partial charge in [-0.1, -0.05) is 15.9 Å². The summed E-state index contributed by atoms with van der Waals surface area (Å²) < 4.78 is 12.2. The molecule has 0 aliphatic carbocycles. The number of hydrogen-bond acceptors (Lipinski definition) is 5. The van der Waals surface area contributed by atoms with Crippen LogP contribution in [-0.4, -0.2) is 24.1 Å². The van der Waals surface area contributed by atoms with Gasteiger partial charge in [0.2, 0.25) is 0 Å². The maximum atomic E-state index is 11.9. The predicted octanol–water partition coefficient (Wildman–Crippen LogP) is 3.93. The summed E-state index contributed by atoms with van der Waals surface area (Å²) in [6, 6.07) is 3.88. The predicted molar refractivity (Wildman–Crippen MR) is 102 cm³/mol. The van der Waals surface area contributed by atoms with Crippen LogP contribution in [0, 0.1) is 20.8 Å². The Bertz CT molecular complexity index is 855. The van der Waals surface area contributed by atoms with Gasteiger partial charge in [0.1, 0.15) is 18.2 Å². The molecule has 0 bridgehead atoms. The largest absolute Gasteiger partial charge is 0.486 e. The van der Waals surface area contributed by atoms with Gasteiger partial charge in [0.05, 0.1) is 5.56 Å². The molecule has 3 rings (SSSR count). The summed E-state index contributed by atoms with van der Waals surface area (Å²) in [5.74, 6) is 1.66. The number of carbonyl (C=O) groups is 1. The van der Waals surface area contributed by atoms with E-state index >= 15 is 0 Å². The zero-order valence-corrected chi connectivity index (χ0v) is 16.7. The van der Waals surface area contributed by atoms with Crippen LogP contribution in [-0.2, 0) is 5.75 Å². The summed E-state index contributed by atoms with van der Waals surface area (Å²) >= 11 is 5.07. The van der Waals surface area contributed by atoms with Crippen molar-refractivity contribution in [2.75, 3.05) is 13.2 Å². The van der Waals surface area contributed by atoms with Crippen LogP contribution in [0.4, 0.5) is 0 Å². The standard InChI is InChI=1S/C18H19BrN2O3S/c1-9-10(2)16(17(20)22)18(21-11(9)3)25-8-12-6-14-15(7-13(12)19)24-5-4-23-14/h6-7H,4-5,8H2,1-3H3,(H2,20,22). The Morgan fingerprint density at radius 3 is 2.48 bits per heavy atom. The number of halogens is 1. The molecule has 0 radical (unpaired) electrons. The Labute approximate surface area is 159 Å². The molecule has 132 valence electrons. The molecule has 0 fully saturated rings. The smallest absolute Gasteiger partial charge is 0.251 e. The first-order valence-corrected chi connectivity index (χ1v) is 9.64. The number of amides is 1. The first kappa shape index (κ1) is 18.1. The van der Waals surface area contributed by atoms with Gasteiger partial charge in [0.15, 0.2) is 11.5 Å². The lowest BCUT2D eigenvalue weighted by Crippen LogP contribution is -2.17. The van der Waals surface area contributed by atoms with Crippen molar-refractivity contribution in [2.45, 2.75) is 31.6 Å². The second-order valence-corrected chi connectivity index (χ2v) is 7.69. The van der Waals surface area contributed by atoms with E-state index in [2.05, 4.69) is 20.9 Å². The van der Waals surface area contributed by atoms with Gasteiger partial charge in [-0.2, -0.15) is 0 Å². The summed E-state index contributed by atoms with van der Waals surface area (Å²) in [7, 11) is 0. The Kier molecular flexibility index (Phi) is 5.24. The van der Waals surface area contributed by atoms with Crippen molar-refractivity contribution in [3.05, 3.63) is 44.6 Å². The summed E-state index contributed by atoms with van der Waals surface area (Å²) in [6.45, 7) is 6.91. The molecule has 25 heavy (non-hydrogen) atoms. The molecule has 1 aromatic carbocycles. The Morgan fingerprint density at radius 1 is 1.20 bits per heavy atom. The van der Waals surface area contributed by atoms with Gasteiger partial charge < -0.3 is 15.2 Å². The second-order valence-electron chi connectivity index (χ2n) is 5.87. The summed E-state index contributed by atoms with van der Waals surface area (Å²) in [4.78, 5) is 16.5. The fourth-order valence-corrected chi connectivity index (χ4v) is 4.45. The summed E-state index contributed by atoms with van der Waals surface area (Å²) in [5, 5.41) is 0.662. The molecule has 2 heterocycles. The number of thioether (sulfide) groups is 1. The lowest BCUT2D eigenvalue weighted by atomic mass is 10.0. The third-order valence-electron chi connectivity index (χ3n) is 4.29. The highest BCUT2D eigenvalue weighted by atomic mass is 79.9. The van der Waals surface area contributed by atoms with Crippen LogP contribution >= 0.6 is 27.7 Å². The summed E-state index contributed by atoms with van der Waals surface area (Å²) in [5.41, 5.74) is 9.93. The number of rotatable bonds is 4. The van der Waals surface area contributed by atoms with Gasteiger partial charge in [0.25, 0.3) is 5.91 Å². The third-order valence-corrected chi connectivity index (χ3v) is 6.05. The molecule has 5 nitrogen and oxygen atoms in total. The lowest BCUT2D eigenvalue weighted by Gasteiger charge is -2.20. The van der Waals surface area contributed by atoms with Crippen molar-refractivity contribution in [2.24, 2.45) is 5.73 Å². The van der Waals surface area contributed by atoms with E-state index in [1.807, 2.05) is 32.9 Å². The number of benzene rings is 1. The average molecular weight is 423 g/mol. The molecule has 1 amide bonds. The van der Waals surface area contributed by atoms with E-state index in [0.29, 0.717) is 29.6 Å². The molecule has 0 atom stereocenters. The molecule has 1 aromatic heterocycles. The van der Waals surface area contributed by atoms with Crippen molar-refractivity contribution >= 4 is 33.6 Å². The highest BCUT2D eigenvalue weighted by Crippen LogP contribution is 2.38. The number of hydrogen-bond donors (Lipinski definition) is 1. The minimum Gasteiger partial charge on any atom is -0.486 e. The number of aromatic nitrogens is 1. The van der Waals surface area contributed by atoms with Gasteiger partial charge in [-0.05, 0) is 49.6 Å². The number of aryl methyl sites for hydroxylation is 1. The number of pyridine rings is 1. The molecular weight excluding hydrogens is 404 g/mol. The number of carbonyl (C=O) groups excluding carboxylic acids is 1. The van der Waals surface area contributed by atoms with Crippen LogP contribution in [0.5, 0.6) is 11.5 Å². The van der Waals surface area contributed by atoms with Crippen molar-refractivity contribution in [1.82, 2.24) is 4.98 Å². The minimum atomic E-state index is -0.447. The minimum absolute atomic E-state index is 0.447. The first-order valence-electron chi connectivity index (χ1n) is 7.87. The molecule has 7 heteroatoms. The number of nitrogens with zero attached hydrogens (tertiary/aromatic N) is 1. The van der Waals surface area contributed by atoms with Crippen LogP contribution in [0.1, 0.15) is 32.7 Å². The van der Waals surface area contributed by atoms with Gasteiger partial charge in [0, 0.05) is 15.9 Å². The van der Waals surface area contributed by atoms with E-state index in [-0.39, 0.29) is 0 Å². The molecule has 0 unspecified atom stereocenters. The first-order chi connectivity index (χ1) is 11.9. The molecule has 0 saturated heterocycles. The van der Waals surface area contributed by atoms with Crippen molar-refractivity contribution < 1.29 is 14.3 Å². The second kappa shape index (κ2) is 7.25. The van der Waals surface area contributed by atoms with E-state index in [0.717, 1.165) is 38.4 Å². The van der Waals surface area contributed by atoms with E-state index in [1.54, 1.807) is 0 Å². The van der Waals surface area contributed by atoms with Crippen LogP contribution < -0.4 is 15.2 Å². The summed E-state index contributed by atoms with van der Waals surface area (Å²) in [6.07, 6.45) is 0. The van der Waals surface area contributed by atoms with Crippen molar-refractivity contribution in [1.29, 1.82) is 0 Å². The number of fused-ring (bicyclic) bond motifs is 1. The van der Waals surface area contributed by atoms with E-state index in [1.165, 1.54) is 11.8 Å². The van der Waals surface area contributed by atoms with Crippen LogP contribution in [0.15, 0.2) is 21.6 Å². The monoisotopic (exact) mass is 422 g/mol. The highest BCUT2D eigenvalue weighted by molar-refractivity contribution is 9.10. The van der Waals surface area contributed by atoms with Gasteiger partial charge in [-0.3, -0.25) is 4.79 Å². The quantitative estimate of drug-likeness (QED) is 0.755. The van der Waals surface area contributed by atoms with E-state index in [4.69, 9.17) is 15.2 Å². The van der Waals surface area contributed by atoms with Crippen LogP contribution in [0.3, 0.4) is 0 Å². The van der Waals surface area contributed by atoms with Crippen molar-refractivity contribution in [3.63, 3.8) is 0 Å². The molecule has 0 saturated carbocycles. The maximum Gasteiger partial charge on any atom is 0.251 e. The SMILES string of the molecule is Cc1nc(SCc2cc3c(cc2Br)OCCO3)c(C(N)=O)c(C)c1C. The van der Waals surface area contributed by atoms with Crippen LogP contribution in [0.25, 0.3) is 0 Å². The van der Waals surface area contributed by atoms with E-state index < -0.39 is 5.91 Å². The number of nitrogens with two attached hydrogens (primary N) is 1. The Balaban J connectivity index is 1.91. The zero-order chi connectivity index (χ0) is 18.1. The molecular formula is C18H19BrN2O3S.